The molecule has 12 unspecified atom stereocenters. The monoisotopic (exact) mass is 1640 g/mol. The van der Waals surface area contributed by atoms with Crippen molar-refractivity contribution in [3.05, 3.63) is 0 Å². The van der Waals surface area contributed by atoms with Crippen molar-refractivity contribution in [2.24, 2.45) is 0 Å². The van der Waals surface area contributed by atoms with E-state index in [1.165, 1.54) is 315 Å². The maximum absolute atomic E-state index is 13.5. The van der Waals surface area contributed by atoms with Crippen molar-refractivity contribution in [1.82, 2.24) is 0 Å². The summed E-state index contributed by atoms with van der Waals surface area (Å²) >= 11 is 0. The standard InChI is InChI=1S/C88H178N2O13Si6/c1-7-11-15-19-23-27-31-35-39-43-47-51-55-59-63-69-77-104(93)99-107(81-73-67-75-89)96-86(83(5)91)88-85(92)87-84(6)95-106(94,79-71-65-61-57-53-49-45-41-37-33-29-25-21-17-13-9-3)102-108(97-87,82-74-68-76-90)100-105(78-70-64-60-56-52-48-44-40-36-32-28-24-20-16-12-8-2)101-109(98-88,103-107)80-72-66-62-58-54-50-46-42-38-34-30-26-22-18-14-10-4/h83-88,91-94,104-105H,7-74,77-82H2,1-6H3. The van der Waals surface area contributed by atoms with Gasteiger partial charge in [0.15, 0.2) is 0 Å². The minimum atomic E-state index is -4.25. The molecule has 0 spiro atoms. The van der Waals surface area contributed by atoms with Crippen molar-refractivity contribution in [2.75, 3.05) is 0 Å². The molecule has 3 aliphatic heterocycles. The Hall–Kier alpha value is -0.239. The second-order valence-electron chi connectivity index (χ2n) is 34.3. The summed E-state index contributed by atoms with van der Waals surface area (Å²) in [6.07, 6.45) is 73.0. The summed E-state index contributed by atoms with van der Waals surface area (Å²) < 4.78 is 66.8. The first kappa shape index (κ1) is 103. The van der Waals surface area contributed by atoms with Gasteiger partial charge in [-0.05, 0) is 51.6 Å². The molecular weight excluding hydrogens is 1460 g/mol. The number of hydrogen-bond donors (Lipinski definition) is 4. The van der Waals surface area contributed by atoms with Crippen molar-refractivity contribution in [1.29, 1.82) is 10.5 Å². The van der Waals surface area contributed by atoms with Crippen LogP contribution < -0.4 is 0 Å². The van der Waals surface area contributed by atoms with Crippen LogP contribution in [-0.2, 0) is 38.3 Å². The van der Waals surface area contributed by atoms with Gasteiger partial charge in [0.2, 0.25) is 0 Å². The summed E-state index contributed by atoms with van der Waals surface area (Å²) in [6, 6.07) is 6.82. The molecule has 0 aromatic heterocycles. The van der Waals surface area contributed by atoms with Crippen molar-refractivity contribution >= 4 is 53.8 Å². The predicted octanol–water partition coefficient (Wildman–Crippen LogP) is 26.2. The van der Waals surface area contributed by atoms with E-state index in [1.807, 2.05) is 6.92 Å². The van der Waals surface area contributed by atoms with Crippen LogP contribution in [0.15, 0.2) is 0 Å². The zero-order chi connectivity index (χ0) is 78.7. The van der Waals surface area contributed by atoms with Gasteiger partial charge in [0.05, 0.1) is 24.3 Å². The first-order valence-electron chi connectivity index (χ1n) is 47.9. The molecule has 0 saturated carbocycles. The molecule has 642 valence electrons. The highest BCUT2D eigenvalue weighted by Crippen LogP contribution is 2.44. The van der Waals surface area contributed by atoms with E-state index in [9.17, 15) is 30.3 Å². The van der Waals surface area contributed by atoms with Gasteiger partial charge in [-0.1, -0.05) is 426 Å². The molecule has 0 aliphatic carbocycles. The molecule has 12 atom stereocenters. The molecule has 3 rings (SSSR count). The molecule has 3 heterocycles. The Morgan fingerprint density at radius 1 is 0.376 bits per heavy atom. The van der Waals surface area contributed by atoms with E-state index in [4.69, 9.17) is 38.3 Å². The van der Waals surface area contributed by atoms with E-state index < -0.39 is 90.4 Å². The summed E-state index contributed by atoms with van der Waals surface area (Å²) in [5.74, 6) is 0. The SMILES string of the molecule is CCCCCCCCCCCCCCCCCC[SiH](O)O[Si]1(CCCC#N)OC(C(C)O)C2O[Si](CCCCCCCCCCCCCCCCCC)(O[SiH](CCCCCCCCCCCCCCCCCC)O[Si]3(CCCC#N)OC(C(C)O[Si](O)(CCCCCCCCCCCCCCCCCC)O3)C2O)O1. The van der Waals surface area contributed by atoms with Gasteiger partial charge in [0.25, 0.3) is 0 Å². The lowest BCUT2D eigenvalue weighted by Crippen LogP contribution is -2.65. The maximum atomic E-state index is 13.5. The highest BCUT2D eigenvalue weighted by atomic mass is 28.5. The molecule has 0 radical (unpaired) electrons. The first-order chi connectivity index (χ1) is 53.3. The fraction of sp³-hybridized carbons (Fsp3) is 0.977. The first-order valence-corrected chi connectivity index (χ1v) is 59.3. The lowest BCUT2D eigenvalue weighted by molar-refractivity contribution is -0.138. The van der Waals surface area contributed by atoms with E-state index in [0.717, 1.165) is 83.5 Å². The maximum Gasteiger partial charge on any atom is 0.491 e. The van der Waals surface area contributed by atoms with Crippen molar-refractivity contribution < 1.29 is 58.1 Å². The third-order valence-corrected chi connectivity index (χ3v) is 44.4. The molecule has 3 fully saturated rings. The number of hydrogen-bond acceptors (Lipinski definition) is 15. The Kier molecular flexibility index (Phi) is 65.8. The lowest BCUT2D eigenvalue weighted by Gasteiger charge is -2.44. The van der Waals surface area contributed by atoms with E-state index in [2.05, 4.69) is 39.8 Å². The molecule has 0 aromatic carbocycles. The second-order valence-corrected chi connectivity index (χ2v) is 50.2. The van der Waals surface area contributed by atoms with Gasteiger partial charge in [-0.3, -0.25) is 0 Å². The number of fused-ring (bicyclic) bond motifs is 4. The molecule has 15 nitrogen and oxygen atoms in total. The quantitative estimate of drug-likeness (QED) is 0.0329. The molecule has 4 bridgehead atoms. The Morgan fingerprint density at radius 3 is 1.02 bits per heavy atom. The summed E-state index contributed by atoms with van der Waals surface area (Å²) in [6.45, 7) is 12.6. The van der Waals surface area contributed by atoms with Crippen LogP contribution in [0.4, 0.5) is 0 Å². The average Bonchev–Trinajstić information content (AvgIpc) is 1.62. The lowest BCUT2D eigenvalue weighted by atomic mass is 9.97. The zero-order valence-corrected chi connectivity index (χ0v) is 78.6. The van der Waals surface area contributed by atoms with Crippen LogP contribution in [0.3, 0.4) is 0 Å². The smallest absolute Gasteiger partial charge is 0.413 e. The van der Waals surface area contributed by atoms with E-state index in [0.29, 0.717) is 49.9 Å². The molecule has 3 saturated heterocycles. The number of nitrogens with zero attached hydrogens (tertiary/aromatic N) is 2. The zero-order valence-electron chi connectivity index (χ0n) is 72.3. The Balaban J connectivity index is 1.99. The summed E-state index contributed by atoms with van der Waals surface area (Å²) in [5.41, 5.74) is 0. The summed E-state index contributed by atoms with van der Waals surface area (Å²) in [5, 5.41) is 46.1. The fourth-order valence-electron chi connectivity index (χ4n) is 16.8. The molecule has 4 N–H and O–H groups in total. The number of aliphatic hydroxyl groups excluding tert-OH is 2. The van der Waals surface area contributed by atoms with Gasteiger partial charge < -0.3 is 58.1 Å². The van der Waals surface area contributed by atoms with Gasteiger partial charge in [-0.2, -0.15) is 10.5 Å². The highest BCUT2D eigenvalue weighted by Gasteiger charge is 2.66. The fourth-order valence-corrected chi connectivity index (χ4v) is 41.1. The van der Waals surface area contributed by atoms with E-state index >= 15 is 0 Å². The minimum Gasteiger partial charge on any atom is -0.413 e. The van der Waals surface area contributed by atoms with Gasteiger partial charge in [-0.15, -0.1) is 0 Å². The number of nitriles is 2. The van der Waals surface area contributed by atoms with Crippen molar-refractivity contribution in [2.45, 2.75) is 551 Å². The normalized spacial score (nSPS) is 24.4. The summed E-state index contributed by atoms with van der Waals surface area (Å²) in [7, 11) is -23.0. The van der Waals surface area contributed by atoms with Gasteiger partial charge in [0.1, 0.15) is 24.4 Å². The Morgan fingerprint density at radius 2 is 0.670 bits per heavy atom. The topological polar surface area (TPSA) is 212 Å². The molecule has 3 aliphatic rings. The van der Waals surface area contributed by atoms with E-state index in [-0.39, 0.29) is 24.9 Å². The second kappa shape index (κ2) is 69.7. The van der Waals surface area contributed by atoms with Crippen LogP contribution in [0.1, 0.15) is 478 Å². The number of rotatable bonds is 77. The number of aliphatic hydroxyl groups is 2. The Bertz CT molecular complexity index is 2110. The molecule has 21 heteroatoms. The summed E-state index contributed by atoms with van der Waals surface area (Å²) in [4.78, 5) is 25.6. The van der Waals surface area contributed by atoms with Crippen molar-refractivity contribution in [3.8, 4) is 12.1 Å². The third kappa shape index (κ3) is 51.7. The molecular formula is C88H178N2O13Si6. The van der Waals surface area contributed by atoms with Crippen LogP contribution in [0.2, 0.25) is 36.3 Å². The average molecular weight is 1640 g/mol. The largest absolute Gasteiger partial charge is 0.491 e. The van der Waals surface area contributed by atoms with Crippen LogP contribution in [0, 0.1) is 22.7 Å². The molecule has 0 aromatic rings. The van der Waals surface area contributed by atoms with Crippen LogP contribution >= 0.6 is 0 Å². The van der Waals surface area contributed by atoms with Crippen molar-refractivity contribution in [3.63, 3.8) is 0 Å². The molecule has 0 amide bonds. The third-order valence-electron chi connectivity index (χ3n) is 23.6. The van der Waals surface area contributed by atoms with Gasteiger partial charge >= 0.3 is 53.8 Å². The van der Waals surface area contributed by atoms with Gasteiger partial charge in [0, 0.05) is 37.0 Å². The number of unbranched alkanes of at least 4 members (excludes halogenated alkanes) is 62. The Labute approximate surface area is 681 Å². The minimum absolute atomic E-state index is 0.190. The molecule has 109 heavy (non-hydrogen) atoms. The van der Waals surface area contributed by atoms with E-state index in [1.54, 1.807) is 6.92 Å². The highest BCUT2D eigenvalue weighted by molar-refractivity contribution is 6.83. The predicted molar refractivity (Wildman–Crippen MR) is 467 cm³/mol. The van der Waals surface area contributed by atoms with Crippen LogP contribution in [0.25, 0.3) is 0 Å². The van der Waals surface area contributed by atoms with Gasteiger partial charge in [-0.25, -0.2) is 0 Å². The van der Waals surface area contributed by atoms with Crippen LogP contribution in [-0.4, -0.2) is 110 Å². The van der Waals surface area contributed by atoms with Crippen LogP contribution in [0.5, 0.6) is 0 Å².